The summed E-state index contributed by atoms with van der Waals surface area (Å²) in [4.78, 5) is 13.2. The van der Waals surface area contributed by atoms with Gasteiger partial charge in [0.1, 0.15) is 6.04 Å². The summed E-state index contributed by atoms with van der Waals surface area (Å²) in [5.74, 6) is -2.90. The second-order valence-corrected chi connectivity index (χ2v) is 9.46. The van der Waals surface area contributed by atoms with Crippen molar-refractivity contribution in [3.05, 3.63) is 101 Å². The molecular formula is C24H24F2N2O3S. The first-order valence-electron chi connectivity index (χ1n) is 9.94. The molecule has 0 radical (unpaired) electrons. The second kappa shape index (κ2) is 9.48. The molecule has 1 N–H and O–H groups in total. The lowest BCUT2D eigenvalue weighted by Gasteiger charge is -2.30. The van der Waals surface area contributed by atoms with Gasteiger partial charge >= 0.3 is 0 Å². The zero-order valence-corrected chi connectivity index (χ0v) is 18.7. The molecule has 8 heteroatoms. The first-order chi connectivity index (χ1) is 15.1. The van der Waals surface area contributed by atoms with Crippen LogP contribution in [-0.4, -0.2) is 26.6 Å². The van der Waals surface area contributed by atoms with Crippen LogP contribution in [0.2, 0.25) is 0 Å². The highest BCUT2D eigenvalue weighted by molar-refractivity contribution is 7.92. The number of benzene rings is 3. The average molecular weight is 459 g/mol. The van der Waals surface area contributed by atoms with Gasteiger partial charge in [-0.1, -0.05) is 60.2 Å². The number of amides is 1. The number of hydrogen-bond acceptors (Lipinski definition) is 3. The highest BCUT2D eigenvalue weighted by Crippen LogP contribution is 2.26. The molecule has 32 heavy (non-hydrogen) atoms. The molecule has 1 amide bonds. The Morgan fingerprint density at radius 1 is 0.906 bits per heavy atom. The Balaban J connectivity index is 1.96. The van der Waals surface area contributed by atoms with Gasteiger partial charge in [-0.25, -0.2) is 17.2 Å². The molecule has 168 valence electrons. The van der Waals surface area contributed by atoms with E-state index in [1.54, 1.807) is 0 Å². The number of nitrogens with one attached hydrogen (secondary N) is 1. The lowest BCUT2D eigenvalue weighted by molar-refractivity contribution is -0.122. The molecule has 0 spiro atoms. The quantitative estimate of drug-likeness (QED) is 0.573. The van der Waals surface area contributed by atoms with E-state index in [1.165, 1.54) is 6.92 Å². The van der Waals surface area contributed by atoms with Crippen LogP contribution in [0.5, 0.6) is 0 Å². The largest absolute Gasteiger partial charge is 0.343 e. The Labute approximate surface area is 186 Å². The number of nitrogens with zero attached hydrogens (tertiary/aromatic N) is 1. The highest BCUT2D eigenvalue weighted by Gasteiger charge is 2.31. The van der Waals surface area contributed by atoms with E-state index in [9.17, 15) is 22.0 Å². The van der Waals surface area contributed by atoms with Gasteiger partial charge in [-0.05, 0) is 37.1 Å². The van der Waals surface area contributed by atoms with Gasteiger partial charge in [0.15, 0.2) is 11.6 Å². The van der Waals surface area contributed by atoms with Crippen molar-refractivity contribution < 1.29 is 22.0 Å². The van der Waals surface area contributed by atoms with E-state index >= 15 is 0 Å². The van der Waals surface area contributed by atoms with Crippen molar-refractivity contribution in [2.75, 3.05) is 10.6 Å². The molecule has 0 unspecified atom stereocenters. The first-order valence-corrected chi connectivity index (χ1v) is 11.8. The third-order valence-electron chi connectivity index (χ3n) is 5.08. The molecule has 0 aliphatic heterocycles. The van der Waals surface area contributed by atoms with Crippen molar-refractivity contribution >= 4 is 21.6 Å². The van der Waals surface area contributed by atoms with Crippen LogP contribution in [-0.2, 0) is 14.8 Å². The summed E-state index contributed by atoms with van der Waals surface area (Å²) < 4.78 is 52.9. The van der Waals surface area contributed by atoms with Gasteiger partial charge < -0.3 is 5.32 Å². The van der Waals surface area contributed by atoms with Crippen molar-refractivity contribution in [3.63, 3.8) is 0 Å². The monoisotopic (exact) mass is 458 g/mol. The van der Waals surface area contributed by atoms with E-state index in [0.29, 0.717) is 0 Å². The zero-order valence-electron chi connectivity index (χ0n) is 17.9. The SMILES string of the molecule is Cc1ccc([C@H](NC(=O)[C@H](C)N(c2ccc(F)c(F)c2)S(C)(=O)=O)c2ccccc2)cc1. The smallest absolute Gasteiger partial charge is 0.244 e. The minimum Gasteiger partial charge on any atom is -0.343 e. The minimum absolute atomic E-state index is 0.138. The topological polar surface area (TPSA) is 66.5 Å². The fraction of sp³-hybridized carbons (Fsp3) is 0.208. The number of rotatable bonds is 7. The van der Waals surface area contributed by atoms with Gasteiger partial charge in [0.05, 0.1) is 18.0 Å². The van der Waals surface area contributed by atoms with E-state index < -0.39 is 39.6 Å². The third-order valence-corrected chi connectivity index (χ3v) is 6.32. The van der Waals surface area contributed by atoms with Crippen LogP contribution in [0, 0.1) is 18.6 Å². The van der Waals surface area contributed by atoms with E-state index in [-0.39, 0.29) is 5.69 Å². The van der Waals surface area contributed by atoms with Crippen molar-refractivity contribution in [3.8, 4) is 0 Å². The first kappa shape index (κ1) is 23.4. The fourth-order valence-corrected chi connectivity index (χ4v) is 4.62. The predicted molar refractivity (Wildman–Crippen MR) is 121 cm³/mol. The molecule has 0 fully saturated rings. The summed E-state index contributed by atoms with van der Waals surface area (Å²) in [7, 11) is -3.98. The summed E-state index contributed by atoms with van der Waals surface area (Å²) >= 11 is 0. The fourth-order valence-electron chi connectivity index (χ4n) is 3.46. The molecule has 5 nitrogen and oxygen atoms in total. The van der Waals surface area contributed by atoms with E-state index in [2.05, 4.69) is 5.32 Å². The summed E-state index contributed by atoms with van der Waals surface area (Å²) in [6.07, 6.45) is 0.909. The summed E-state index contributed by atoms with van der Waals surface area (Å²) in [6, 6.07) is 17.8. The molecule has 3 rings (SSSR count). The Bertz CT molecular complexity index is 1200. The van der Waals surface area contributed by atoms with Crippen molar-refractivity contribution in [1.82, 2.24) is 5.32 Å². The van der Waals surface area contributed by atoms with Crippen molar-refractivity contribution in [2.45, 2.75) is 25.9 Å². The average Bonchev–Trinajstić information content (AvgIpc) is 2.75. The van der Waals surface area contributed by atoms with Gasteiger partial charge in [0.2, 0.25) is 15.9 Å². The number of halogens is 2. The predicted octanol–water partition coefficient (Wildman–Crippen LogP) is 4.33. The Kier molecular flexibility index (Phi) is 6.93. The third kappa shape index (κ3) is 5.31. The van der Waals surface area contributed by atoms with Gasteiger partial charge in [-0.15, -0.1) is 0 Å². The molecule has 0 saturated heterocycles. The summed E-state index contributed by atoms with van der Waals surface area (Å²) in [5, 5.41) is 2.90. The highest BCUT2D eigenvalue weighted by atomic mass is 32.2. The molecule has 2 atom stereocenters. The van der Waals surface area contributed by atoms with Crippen LogP contribution in [0.1, 0.15) is 29.7 Å². The molecule has 0 bridgehead atoms. The molecule has 0 aliphatic rings. The van der Waals surface area contributed by atoms with Gasteiger partial charge in [-0.3, -0.25) is 9.10 Å². The van der Waals surface area contributed by atoms with Gasteiger partial charge in [0.25, 0.3) is 0 Å². The number of hydrogen-bond donors (Lipinski definition) is 1. The van der Waals surface area contributed by atoms with Crippen molar-refractivity contribution in [2.24, 2.45) is 0 Å². The summed E-state index contributed by atoms with van der Waals surface area (Å²) in [6.45, 7) is 3.35. The second-order valence-electron chi connectivity index (χ2n) is 7.60. The van der Waals surface area contributed by atoms with Gasteiger partial charge in [-0.2, -0.15) is 0 Å². The van der Waals surface area contributed by atoms with E-state index in [4.69, 9.17) is 0 Å². The lowest BCUT2D eigenvalue weighted by Crippen LogP contribution is -2.48. The van der Waals surface area contributed by atoms with E-state index in [0.717, 1.165) is 45.5 Å². The maximum Gasteiger partial charge on any atom is 0.244 e. The van der Waals surface area contributed by atoms with Crippen LogP contribution in [0.25, 0.3) is 0 Å². The molecule has 3 aromatic carbocycles. The zero-order chi connectivity index (χ0) is 23.5. The molecule has 0 heterocycles. The standard InChI is InChI=1S/C24H24F2N2O3S/c1-16-9-11-19(12-10-16)23(18-7-5-4-6-8-18)27-24(29)17(2)28(32(3,30)31)20-13-14-21(25)22(26)15-20/h4-15,17,23H,1-3H3,(H,27,29)/t17-,23+/m0/s1. The van der Waals surface area contributed by atoms with Crippen LogP contribution in [0.4, 0.5) is 14.5 Å². The van der Waals surface area contributed by atoms with Crippen LogP contribution in [0.15, 0.2) is 72.8 Å². The van der Waals surface area contributed by atoms with Crippen LogP contribution in [0.3, 0.4) is 0 Å². The maximum absolute atomic E-state index is 13.8. The number of carbonyl (C=O) groups excluding carboxylic acids is 1. The molecule has 3 aromatic rings. The molecule has 0 saturated carbocycles. The van der Waals surface area contributed by atoms with Crippen LogP contribution < -0.4 is 9.62 Å². The Morgan fingerprint density at radius 2 is 1.50 bits per heavy atom. The van der Waals surface area contributed by atoms with Crippen molar-refractivity contribution in [1.29, 1.82) is 0 Å². The Morgan fingerprint density at radius 3 is 2.06 bits per heavy atom. The lowest BCUT2D eigenvalue weighted by atomic mass is 9.97. The molecular weight excluding hydrogens is 434 g/mol. The number of aryl methyl sites for hydroxylation is 1. The molecule has 0 aromatic heterocycles. The van der Waals surface area contributed by atoms with Gasteiger partial charge in [0, 0.05) is 6.07 Å². The number of carbonyl (C=O) groups is 1. The number of anilines is 1. The van der Waals surface area contributed by atoms with Crippen LogP contribution >= 0.6 is 0 Å². The summed E-state index contributed by atoms with van der Waals surface area (Å²) in [5.41, 5.74) is 2.55. The molecule has 0 aliphatic carbocycles. The minimum atomic E-state index is -3.98. The Hall–Kier alpha value is -3.26. The maximum atomic E-state index is 13.8. The number of sulfonamides is 1. The van der Waals surface area contributed by atoms with E-state index in [1.807, 2.05) is 61.5 Å². The normalized spacial score (nSPS) is 13.3.